The van der Waals surface area contributed by atoms with E-state index >= 15 is 0 Å². The number of likely N-dealkylation sites (tertiary alicyclic amines) is 1. The summed E-state index contributed by atoms with van der Waals surface area (Å²) in [5.74, 6) is 0.295. The molecule has 0 bridgehead atoms. The molecule has 1 aliphatic heterocycles. The van der Waals surface area contributed by atoms with E-state index < -0.39 is 0 Å². The molecule has 0 radical (unpaired) electrons. The van der Waals surface area contributed by atoms with Crippen LogP contribution in [0.2, 0.25) is 0 Å². The van der Waals surface area contributed by atoms with Gasteiger partial charge in [-0.2, -0.15) is 0 Å². The van der Waals surface area contributed by atoms with E-state index in [1.165, 1.54) is 0 Å². The molecule has 1 N–H and O–H groups in total. The third-order valence-electron chi connectivity index (χ3n) is 4.17. The average molecular weight is 236 g/mol. The lowest BCUT2D eigenvalue weighted by Crippen LogP contribution is -2.56. The van der Waals surface area contributed by atoms with Gasteiger partial charge in [0.25, 0.3) is 0 Å². The van der Waals surface area contributed by atoms with E-state index in [0.717, 1.165) is 32.1 Å². The molecule has 1 aliphatic carbocycles. The molecular formula is C14H24N2O. The van der Waals surface area contributed by atoms with E-state index in [2.05, 4.69) is 36.2 Å². The third-order valence-corrected chi connectivity index (χ3v) is 4.17. The smallest absolute Gasteiger partial charge is 0.240 e. The molecule has 0 spiro atoms. The minimum Gasteiger partial charge on any atom is -0.333 e. The quantitative estimate of drug-likeness (QED) is 0.745. The number of likely N-dealkylation sites (N-methyl/N-ethyl adjacent to an activating group) is 1. The standard InChI is InChI=1S/C14H24N2O/c1-14(2)10-6-9-12(15-3)13(17)16(14)11-7-4-5-8-11/h4-5,11-12,15H,6-10H2,1-3H3. The molecule has 2 rings (SSSR count). The van der Waals surface area contributed by atoms with Gasteiger partial charge in [0.1, 0.15) is 0 Å². The Hall–Kier alpha value is -0.830. The molecule has 3 nitrogen and oxygen atoms in total. The summed E-state index contributed by atoms with van der Waals surface area (Å²) >= 11 is 0. The van der Waals surface area contributed by atoms with Crippen LogP contribution in [0.4, 0.5) is 0 Å². The number of hydrogen-bond donors (Lipinski definition) is 1. The van der Waals surface area contributed by atoms with E-state index in [1.54, 1.807) is 0 Å². The maximum Gasteiger partial charge on any atom is 0.240 e. The first-order chi connectivity index (χ1) is 8.06. The van der Waals surface area contributed by atoms with Gasteiger partial charge in [0, 0.05) is 11.6 Å². The molecule has 17 heavy (non-hydrogen) atoms. The molecule has 1 heterocycles. The van der Waals surface area contributed by atoms with Crippen LogP contribution in [0.15, 0.2) is 12.2 Å². The second kappa shape index (κ2) is 4.81. The number of amides is 1. The summed E-state index contributed by atoms with van der Waals surface area (Å²) in [5, 5.41) is 3.17. The first kappa shape index (κ1) is 12.6. The fourth-order valence-corrected chi connectivity index (χ4v) is 3.20. The Morgan fingerprint density at radius 2 is 2.00 bits per heavy atom. The molecule has 1 saturated heterocycles. The van der Waals surface area contributed by atoms with Gasteiger partial charge in [-0.3, -0.25) is 4.79 Å². The van der Waals surface area contributed by atoms with Gasteiger partial charge >= 0.3 is 0 Å². The molecule has 1 fully saturated rings. The summed E-state index contributed by atoms with van der Waals surface area (Å²) in [6, 6.07) is 0.392. The summed E-state index contributed by atoms with van der Waals surface area (Å²) in [5.41, 5.74) is -0.000625. The molecule has 96 valence electrons. The van der Waals surface area contributed by atoms with Gasteiger partial charge in [0.05, 0.1) is 6.04 Å². The highest BCUT2D eigenvalue weighted by Crippen LogP contribution is 2.33. The zero-order valence-corrected chi connectivity index (χ0v) is 11.2. The van der Waals surface area contributed by atoms with Crippen molar-refractivity contribution in [3.8, 4) is 0 Å². The molecule has 1 amide bonds. The molecule has 0 aromatic rings. The van der Waals surface area contributed by atoms with E-state index in [9.17, 15) is 4.79 Å². The van der Waals surface area contributed by atoms with Crippen LogP contribution in [-0.4, -0.2) is 35.5 Å². The fourth-order valence-electron chi connectivity index (χ4n) is 3.20. The summed E-state index contributed by atoms with van der Waals surface area (Å²) in [6.07, 6.45) is 9.64. The van der Waals surface area contributed by atoms with Crippen molar-refractivity contribution in [3.63, 3.8) is 0 Å². The van der Waals surface area contributed by atoms with Gasteiger partial charge < -0.3 is 10.2 Å². The Morgan fingerprint density at radius 1 is 1.35 bits per heavy atom. The maximum absolute atomic E-state index is 12.6. The number of hydrogen-bond acceptors (Lipinski definition) is 2. The lowest BCUT2D eigenvalue weighted by Gasteiger charge is -2.42. The average Bonchev–Trinajstić information content (AvgIpc) is 2.73. The normalized spacial score (nSPS) is 29.7. The van der Waals surface area contributed by atoms with Crippen molar-refractivity contribution < 1.29 is 4.79 Å². The van der Waals surface area contributed by atoms with Crippen molar-refractivity contribution in [2.24, 2.45) is 0 Å². The van der Waals surface area contributed by atoms with Crippen LogP contribution < -0.4 is 5.32 Å². The molecule has 1 unspecified atom stereocenters. The van der Waals surface area contributed by atoms with Crippen molar-refractivity contribution >= 4 is 5.91 Å². The number of carbonyl (C=O) groups excluding carboxylic acids is 1. The second-order valence-electron chi connectivity index (χ2n) is 5.85. The van der Waals surface area contributed by atoms with Crippen LogP contribution in [-0.2, 0) is 4.79 Å². The van der Waals surface area contributed by atoms with Gasteiger partial charge in [-0.05, 0) is 53.0 Å². The van der Waals surface area contributed by atoms with E-state index in [1.807, 2.05) is 7.05 Å². The van der Waals surface area contributed by atoms with Gasteiger partial charge in [-0.1, -0.05) is 12.2 Å². The molecule has 0 aromatic heterocycles. The van der Waals surface area contributed by atoms with E-state index in [0.29, 0.717) is 11.9 Å². The van der Waals surface area contributed by atoms with Crippen LogP contribution >= 0.6 is 0 Å². The first-order valence-electron chi connectivity index (χ1n) is 6.72. The largest absolute Gasteiger partial charge is 0.333 e. The lowest BCUT2D eigenvalue weighted by atomic mass is 9.94. The minimum absolute atomic E-state index is 0.000625. The zero-order chi connectivity index (χ0) is 12.5. The highest BCUT2D eigenvalue weighted by atomic mass is 16.2. The molecule has 3 heteroatoms. The molecule has 1 atom stereocenters. The Balaban J connectivity index is 2.23. The topological polar surface area (TPSA) is 32.3 Å². The maximum atomic E-state index is 12.6. The Labute approximate surface area is 104 Å². The Morgan fingerprint density at radius 3 is 2.59 bits per heavy atom. The van der Waals surface area contributed by atoms with Gasteiger partial charge in [-0.15, -0.1) is 0 Å². The van der Waals surface area contributed by atoms with E-state index in [-0.39, 0.29) is 11.6 Å². The predicted octanol–water partition coefficient (Wildman–Crippen LogP) is 2.08. The highest BCUT2D eigenvalue weighted by Gasteiger charge is 2.40. The van der Waals surface area contributed by atoms with Crippen LogP contribution in [0, 0.1) is 0 Å². The van der Waals surface area contributed by atoms with Crippen molar-refractivity contribution in [3.05, 3.63) is 12.2 Å². The second-order valence-corrected chi connectivity index (χ2v) is 5.85. The zero-order valence-electron chi connectivity index (χ0n) is 11.2. The van der Waals surface area contributed by atoms with Gasteiger partial charge in [-0.25, -0.2) is 0 Å². The lowest BCUT2D eigenvalue weighted by molar-refractivity contribution is -0.140. The fraction of sp³-hybridized carbons (Fsp3) is 0.786. The van der Waals surface area contributed by atoms with Crippen LogP contribution in [0.25, 0.3) is 0 Å². The third kappa shape index (κ3) is 2.39. The van der Waals surface area contributed by atoms with Crippen molar-refractivity contribution in [1.82, 2.24) is 10.2 Å². The van der Waals surface area contributed by atoms with Crippen molar-refractivity contribution in [1.29, 1.82) is 0 Å². The van der Waals surface area contributed by atoms with Crippen molar-refractivity contribution in [2.45, 2.75) is 63.6 Å². The van der Waals surface area contributed by atoms with Gasteiger partial charge in [0.15, 0.2) is 0 Å². The number of nitrogens with one attached hydrogen (secondary N) is 1. The molecule has 0 aromatic carbocycles. The molecule has 0 saturated carbocycles. The monoisotopic (exact) mass is 236 g/mol. The first-order valence-corrected chi connectivity index (χ1v) is 6.72. The van der Waals surface area contributed by atoms with Crippen LogP contribution in [0.5, 0.6) is 0 Å². The van der Waals surface area contributed by atoms with E-state index in [4.69, 9.17) is 0 Å². The SMILES string of the molecule is CNC1CCCC(C)(C)N(C2CC=CC2)C1=O. The van der Waals surface area contributed by atoms with Gasteiger partial charge in [0.2, 0.25) is 5.91 Å². The minimum atomic E-state index is -0.000625. The Bertz CT molecular complexity index is 314. The number of rotatable bonds is 2. The summed E-state index contributed by atoms with van der Waals surface area (Å²) in [6.45, 7) is 4.42. The van der Waals surface area contributed by atoms with Crippen LogP contribution in [0.1, 0.15) is 46.0 Å². The summed E-state index contributed by atoms with van der Waals surface area (Å²) < 4.78 is 0. The predicted molar refractivity (Wildman–Crippen MR) is 69.8 cm³/mol. The Kier molecular flexibility index (Phi) is 3.57. The molecule has 2 aliphatic rings. The highest BCUT2D eigenvalue weighted by molar-refractivity contribution is 5.83. The summed E-state index contributed by atoms with van der Waals surface area (Å²) in [4.78, 5) is 14.8. The van der Waals surface area contributed by atoms with Crippen molar-refractivity contribution in [2.75, 3.05) is 7.05 Å². The summed E-state index contributed by atoms with van der Waals surface area (Å²) in [7, 11) is 1.89. The number of nitrogens with zero attached hydrogens (tertiary/aromatic N) is 1. The molecular weight excluding hydrogens is 212 g/mol. The van der Waals surface area contributed by atoms with Crippen LogP contribution in [0.3, 0.4) is 0 Å². The number of carbonyl (C=O) groups is 1.